The predicted molar refractivity (Wildman–Crippen MR) is 131 cm³/mol. The van der Waals surface area contributed by atoms with Gasteiger partial charge in [0.2, 0.25) is 6.71 Å². The molecule has 0 radical (unpaired) electrons. The van der Waals surface area contributed by atoms with Crippen LogP contribution in [0, 0.1) is 0 Å². The van der Waals surface area contributed by atoms with Crippen LogP contribution in [0.4, 0.5) is 0 Å². The van der Waals surface area contributed by atoms with E-state index >= 15 is 0 Å². The topological polar surface area (TPSA) is 27.7 Å². The Morgan fingerprint density at radius 3 is 0.839 bits per heavy atom. The van der Waals surface area contributed by atoms with Crippen molar-refractivity contribution in [2.24, 2.45) is 0 Å². The molecule has 0 spiro atoms. The normalized spacial score (nSPS) is 11.1. The van der Waals surface area contributed by atoms with Gasteiger partial charge in [0, 0.05) is 0 Å². The number of hydrogen-bond donors (Lipinski definition) is 0. The lowest BCUT2D eigenvalue weighted by molar-refractivity contribution is 0.242. The summed E-state index contributed by atoms with van der Waals surface area (Å²) in [4.78, 5) is 0. The maximum Gasteiger partial charge on any atom is 0.241 e. The van der Waals surface area contributed by atoms with Gasteiger partial charge < -0.3 is 14.2 Å². The van der Waals surface area contributed by atoms with E-state index in [1.165, 1.54) is 16.4 Å². The SMILES string of the molecule is CC(C)Oc1ccc(B(c2ccc(OC(C)C)cc2)c2ccc(OC(C)C)cc2)cc1. The maximum absolute atomic E-state index is 5.83. The molecule has 0 aliphatic rings. The van der Waals surface area contributed by atoms with Crippen molar-refractivity contribution in [2.75, 3.05) is 0 Å². The summed E-state index contributed by atoms with van der Waals surface area (Å²) >= 11 is 0. The van der Waals surface area contributed by atoms with Crippen LogP contribution in [0.15, 0.2) is 72.8 Å². The summed E-state index contributed by atoms with van der Waals surface area (Å²) in [6.07, 6.45) is 0.468. The summed E-state index contributed by atoms with van der Waals surface area (Å²) in [5, 5.41) is 0. The van der Waals surface area contributed by atoms with Crippen LogP contribution in [0.25, 0.3) is 0 Å². The van der Waals surface area contributed by atoms with Crippen LogP contribution in [0.2, 0.25) is 0 Å². The van der Waals surface area contributed by atoms with Crippen LogP contribution in [0.5, 0.6) is 17.2 Å². The molecule has 0 atom stereocenters. The lowest BCUT2D eigenvalue weighted by Gasteiger charge is -2.18. The summed E-state index contributed by atoms with van der Waals surface area (Å²) in [5.41, 5.74) is 3.64. The summed E-state index contributed by atoms with van der Waals surface area (Å²) in [6, 6.07) is 25.2. The second-order valence-electron chi connectivity index (χ2n) is 8.64. The number of benzene rings is 3. The molecule has 0 bridgehead atoms. The van der Waals surface area contributed by atoms with E-state index in [2.05, 4.69) is 72.8 Å². The van der Waals surface area contributed by atoms with Crippen LogP contribution in [0.3, 0.4) is 0 Å². The van der Waals surface area contributed by atoms with E-state index in [9.17, 15) is 0 Å². The Bertz CT molecular complexity index is 803. The van der Waals surface area contributed by atoms with E-state index in [0.29, 0.717) is 0 Å². The third-order valence-corrected chi connectivity index (χ3v) is 4.76. The van der Waals surface area contributed by atoms with Gasteiger partial charge in [-0.2, -0.15) is 0 Å². The average molecular weight is 416 g/mol. The van der Waals surface area contributed by atoms with Crippen molar-refractivity contribution >= 4 is 23.1 Å². The van der Waals surface area contributed by atoms with Crippen LogP contribution >= 0.6 is 0 Å². The first-order valence-electron chi connectivity index (χ1n) is 11.1. The number of ether oxygens (including phenoxy) is 3. The van der Waals surface area contributed by atoms with Crippen molar-refractivity contribution in [1.82, 2.24) is 0 Å². The van der Waals surface area contributed by atoms with Gasteiger partial charge in [0.1, 0.15) is 17.2 Å². The smallest absolute Gasteiger partial charge is 0.241 e. The van der Waals surface area contributed by atoms with Crippen LogP contribution < -0.4 is 30.6 Å². The quantitative estimate of drug-likeness (QED) is 0.479. The first-order valence-corrected chi connectivity index (χ1v) is 11.1. The highest BCUT2D eigenvalue weighted by Gasteiger charge is 2.22. The lowest BCUT2D eigenvalue weighted by Crippen LogP contribution is -2.51. The molecule has 0 fully saturated rings. The van der Waals surface area contributed by atoms with Gasteiger partial charge in [-0.25, -0.2) is 0 Å². The number of hydrogen-bond acceptors (Lipinski definition) is 3. The van der Waals surface area contributed by atoms with Gasteiger partial charge in [-0.3, -0.25) is 0 Å². The fourth-order valence-corrected chi connectivity index (χ4v) is 3.61. The zero-order chi connectivity index (χ0) is 22.4. The number of rotatable bonds is 9. The first-order chi connectivity index (χ1) is 14.8. The van der Waals surface area contributed by atoms with Crippen molar-refractivity contribution in [2.45, 2.75) is 59.9 Å². The third-order valence-electron chi connectivity index (χ3n) is 4.76. The molecule has 3 rings (SSSR count). The van der Waals surface area contributed by atoms with Crippen molar-refractivity contribution in [3.8, 4) is 17.2 Å². The molecule has 0 saturated heterocycles. The highest BCUT2D eigenvalue weighted by atomic mass is 16.5. The van der Waals surface area contributed by atoms with E-state index in [-0.39, 0.29) is 25.0 Å². The summed E-state index contributed by atoms with van der Waals surface area (Å²) in [6.45, 7) is 12.3. The Balaban J connectivity index is 1.95. The Kier molecular flexibility index (Phi) is 7.67. The molecule has 0 aromatic heterocycles. The molecule has 0 aliphatic heterocycles. The van der Waals surface area contributed by atoms with E-state index < -0.39 is 0 Å². The van der Waals surface area contributed by atoms with E-state index in [1.807, 2.05) is 41.5 Å². The van der Waals surface area contributed by atoms with Crippen molar-refractivity contribution in [1.29, 1.82) is 0 Å². The van der Waals surface area contributed by atoms with E-state index in [0.717, 1.165) is 17.2 Å². The summed E-state index contributed by atoms with van der Waals surface area (Å²) < 4.78 is 17.5. The molecule has 3 aromatic rings. The van der Waals surface area contributed by atoms with E-state index in [1.54, 1.807) is 0 Å². The first kappa shape index (κ1) is 22.8. The Labute approximate surface area is 187 Å². The standard InChI is InChI=1S/C27H33BO3/c1-19(2)29-25-13-7-22(8-14-25)28(23-9-15-26(16-10-23)30-20(3)4)24-11-17-27(18-12-24)31-21(5)6/h7-21H,1-6H3. The summed E-state index contributed by atoms with van der Waals surface area (Å²) in [5.74, 6) is 2.66. The highest BCUT2D eigenvalue weighted by Crippen LogP contribution is 2.14. The van der Waals surface area contributed by atoms with Gasteiger partial charge in [-0.15, -0.1) is 0 Å². The molecular weight excluding hydrogens is 383 g/mol. The van der Waals surface area contributed by atoms with Crippen molar-refractivity contribution in [3.63, 3.8) is 0 Å². The third kappa shape index (κ3) is 6.55. The van der Waals surface area contributed by atoms with Gasteiger partial charge in [0.25, 0.3) is 0 Å². The monoisotopic (exact) mass is 416 g/mol. The Morgan fingerprint density at radius 1 is 0.419 bits per heavy atom. The largest absolute Gasteiger partial charge is 0.491 e. The molecule has 0 N–H and O–H groups in total. The van der Waals surface area contributed by atoms with Gasteiger partial charge in [0.05, 0.1) is 18.3 Å². The lowest BCUT2D eigenvalue weighted by atomic mass is 9.37. The molecule has 162 valence electrons. The molecule has 3 nitrogen and oxygen atoms in total. The Morgan fingerprint density at radius 2 is 0.645 bits per heavy atom. The highest BCUT2D eigenvalue weighted by molar-refractivity contribution is 6.95. The van der Waals surface area contributed by atoms with Gasteiger partial charge in [0.15, 0.2) is 0 Å². The molecule has 3 aromatic carbocycles. The molecular formula is C27H33BO3. The fraction of sp³-hybridized carbons (Fsp3) is 0.333. The minimum atomic E-state index is 0.106. The van der Waals surface area contributed by atoms with Crippen LogP contribution in [0.1, 0.15) is 41.5 Å². The minimum absolute atomic E-state index is 0.106. The average Bonchev–Trinajstić information content (AvgIpc) is 2.71. The molecule has 31 heavy (non-hydrogen) atoms. The molecule has 0 amide bonds. The van der Waals surface area contributed by atoms with Crippen LogP contribution in [-0.4, -0.2) is 25.0 Å². The van der Waals surface area contributed by atoms with Crippen molar-refractivity contribution < 1.29 is 14.2 Å². The minimum Gasteiger partial charge on any atom is -0.491 e. The summed E-state index contributed by atoms with van der Waals surface area (Å²) in [7, 11) is 0. The predicted octanol–water partition coefficient (Wildman–Crippen LogP) is 4.56. The zero-order valence-corrected chi connectivity index (χ0v) is 19.5. The molecule has 0 aliphatic carbocycles. The van der Waals surface area contributed by atoms with Crippen LogP contribution in [-0.2, 0) is 0 Å². The van der Waals surface area contributed by atoms with E-state index in [4.69, 9.17) is 14.2 Å². The van der Waals surface area contributed by atoms with Crippen molar-refractivity contribution in [3.05, 3.63) is 72.8 Å². The molecule has 0 unspecified atom stereocenters. The van der Waals surface area contributed by atoms with Gasteiger partial charge >= 0.3 is 0 Å². The van der Waals surface area contributed by atoms with Gasteiger partial charge in [-0.1, -0.05) is 52.8 Å². The second-order valence-corrected chi connectivity index (χ2v) is 8.64. The second kappa shape index (κ2) is 10.4. The Hall–Kier alpha value is -2.88. The maximum atomic E-state index is 5.83. The molecule has 4 heteroatoms. The molecule has 0 heterocycles. The zero-order valence-electron chi connectivity index (χ0n) is 19.5. The molecule has 0 saturated carbocycles. The van der Waals surface area contributed by atoms with Gasteiger partial charge in [-0.05, 0) is 77.9 Å². The fourth-order valence-electron chi connectivity index (χ4n) is 3.61.